The molecule has 5 nitrogen and oxygen atoms in total. The van der Waals surface area contributed by atoms with Crippen molar-refractivity contribution in [2.45, 2.75) is 36.3 Å². The lowest BCUT2D eigenvalue weighted by Gasteiger charge is -2.27. The summed E-state index contributed by atoms with van der Waals surface area (Å²) >= 11 is 0. The molecule has 0 saturated carbocycles. The van der Waals surface area contributed by atoms with Crippen LogP contribution in [0.2, 0.25) is 0 Å². The maximum atomic E-state index is 11.3. The second kappa shape index (κ2) is 6.29. The van der Waals surface area contributed by atoms with Crippen molar-refractivity contribution < 1.29 is 13.5 Å². The Morgan fingerprint density at radius 1 is 1.21 bits per heavy atom. The third kappa shape index (κ3) is 3.37. The molecule has 2 aromatic rings. The van der Waals surface area contributed by atoms with Crippen molar-refractivity contribution in [2.75, 3.05) is 6.54 Å². The number of benzene rings is 2. The van der Waals surface area contributed by atoms with Crippen molar-refractivity contribution in [2.24, 2.45) is 5.14 Å². The minimum absolute atomic E-state index is 0.0173. The SMILES string of the molecule is CC(NCC1(O)CCc2ccccc21)c1ccc(S(N)(=O)=O)cc1. The lowest BCUT2D eigenvalue weighted by Crippen LogP contribution is -2.37. The molecule has 0 aromatic heterocycles. The number of aryl methyl sites for hydroxylation is 1. The molecule has 0 fully saturated rings. The fourth-order valence-electron chi connectivity index (χ4n) is 3.24. The van der Waals surface area contributed by atoms with E-state index in [4.69, 9.17) is 5.14 Å². The largest absolute Gasteiger partial charge is 0.384 e. The second-order valence-corrected chi connectivity index (χ2v) is 7.97. The monoisotopic (exact) mass is 346 g/mol. The van der Waals surface area contributed by atoms with Crippen molar-refractivity contribution in [3.05, 3.63) is 65.2 Å². The Morgan fingerprint density at radius 3 is 2.54 bits per heavy atom. The van der Waals surface area contributed by atoms with Crippen LogP contribution in [0.15, 0.2) is 53.4 Å². The number of sulfonamides is 1. The van der Waals surface area contributed by atoms with Crippen molar-refractivity contribution in [1.29, 1.82) is 0 Å². The fourth-order valence-corrected chi connectivity index (χ4v) is 3.75. The Bertz CT molecular complexity index is 834. The van der Waals surface area contributed by atoms with Crippen molar-refractivity contribution in [3.63, 3.8) is 0 Å². The Hall–Kier alpha value is -1.73. The number of nitrogens with two attached hydrogens (primary N) is 1. The molecule has 3 rings (SSSR count). The predicted molar refractivity (Wildman–Crippen MR) is 92.9 cm³/mol. The van der Waals surface area contributed by atoms with Gasteiger partial charge in [0.05, 0.1) is 4.90 Å². The maximum absolute atomic E-state index is 11.3. The first-order valence-corrected chi connectivity index (χ1v) is 9.51. The Balaban J connectivity index is 1.69. The maximum Gasteiger partial charge on any atom is 0.238 e. The van der Waals surface area contributed by atoms with Gasteiger partial charge in [0.2, 0.25) is 10.0 Å². The van der Waals surface area contributed by atoms with Crippen LogP contribution in [-0.4, -0.2) is 20.1 Å². The van der Waals surface area contributed by atoms with Crippen LogP contribution in [0.1, 0.15) is 36.1 Å². The van der Waals surface area contributed by atoms with Gasteiger partial charge in [-0.25, -0.2) is 13.6 Å². The van der Waals surface area contributed by atoms with E-state index in [1.807, 2.05) is 25.1 Å². The van der Waals surface area contributed by atoms with Crippen LogP contribution in [-0.2, 0) is 22.0 Å². The highest BCUT2D eigenvalue weighted by Crippen LogP contribution is 2.36. The quantitative estimate of drug-likeness (QED) is 0.770. The third-order valence-electron chi connectivity index (χ3n) is 4.74. The molecule has 0 aliphatic heterocycles. The molecular weight excluding hydrogens is 324 g/mol. The van der Waals surface area contributed by atoms with Crippen molar-refractivity contribution in [1.82, 2.24) is 5.32 Å². The Labute approximate surface area is 142 Å². The fraction of sp³-hybridized carbons (Fsp3) is 0.333. The molecule has 2 atom stereocenters. The molecule has 0 spiro atoms. The smallest absolute Gasteiger partial charge is 0.238 e. The van der Waals surface area contributed by atoms with Gasteiger partial charge in [-0.15, -0.1) is 0 Å². The highest BCUT2D eigenvalue weighted by Gasteiger charge is 2.36. The van der Waals surface area contributed by atoms with Crippen LogP contribution >= 0.6 is 0 Å². The first-order chi connectivity index (χ1) is 11.3. The summed E-state index contributed by atoms with van der Waals surface area (Å²) in [5.74, 6) is 0. The minimum Gasteiger partial charge on any atom is -0.384 e. The van der Waals surface area contributed by atoms with E-state index in [0.29, 0.717) is 13.0 Å². The van der Waals surface area contributed by atoms with Gasteiger partial charge in [0.15, 0.2) is 0 Å². The van der Waals surface area contributed by atoms with Crippen LogP contribution in [0.5, 0.6) is 0 Å². The molecule has 2 aromatic carbocycles. The van der Waals surface area contributed by atoms with E-state index in [1.165, 1.54) is 17.7 Å². The van der Waals surface area contributed by atoms with Crippen LogP contribution in [0.4, 0.5) is 0 Å². The number of primary sulfonamides is 1. The average molecular weight is 346 g/mol. The first kappa shape index (κ1) is 17.1. The molecule has 0 radical (unpaired) electrons. The van der Waals surface area contributed by atoms with E-state index in [-0.39, 0.29) is 10.9 Å². The second-order valence-electron chi connectivity index (χ2n) is 6.41. The molecule has 0 saturated heterocycles. The van der Waals surface area contributed by atoms with E-state index in [2.05, 4.69) is 11.4 Å². The Kier molecular flexibility index (Phi) is 4.48. The zero-order chi connectivity index (χ0) is 17.4. The molecular formula is C18H22N2O3S. The standard InChI is InChI=1S/C18H22N2O3S/c1-13(14-6-8-16(9-7-14)24(19,22)23)20-12-18(21)11-10-15-4-2-3-5-17(15)18/h2-9,13,20-21H,10-12H2,1H3,(H2,19,22,23). The zero-order valence-corrected chi connectivity index (χ0v) is 14.4. The summed E-state index contributed by atoms with van der Waals surface area (Å²) in [5.41, 5.74) is 2.28. The number of aliphatic hydroxyl groups is 1. The van der Waals surface area contributed by atoms with Crippen molar-refractivity contribution in [3.8, 4) is 0 Å². The van der Waals surface area contributed by atoms with Gasteiger partial charge in [0.25, 0.3) is 0 Å². The minimum atomic E-state index is -3.67. The van der Waals surface area contributed by atoms with Gasteiger partial charge in [0.1, 0.15) is 5.60 Å². The molecule has 4 N–H and O–H groups in total. The van der Waals surface area contributed by atoms with Gasteiger partial charge in [0, 0.05) is 12.6 Å². The van der Waals surface area contributed by atoms with Crippen LogP contribution in [0, 0.1) is 0 Å². The van der Waals surface area contributed by atoms with Crippen LogP contribution in [0.3, 0.4) is 0 Å². The van der Waals surface area contributed by atoms with E-state index in [0.717, 1.165) is 17.5 Å². The molecule has 1 aliphatic carbocycles. The van der Waals surface area contributed by atoms with E-state index >= 15 is 0 Å². The summed E-state index contributed by atoms with van der Waals surface area (Å²) < 4.78 is 22.6. The van der Waals surface area contributed by atoms with Gasteiger partial charge in [-0.2, -0.15) is 0 Å². The van der Waals surface area contributed by atoms with E-state index < -0.39 is 15.6 Å². The molecule has 6 heteroatoms. The number of hydrogen-bond acceptors (Lipinski definition) is 4. The van der Waals surface area contributed by atoms with Gasteiger partial charge >= 0.3 is 0 Å². The van der Waals surface area contributed by atoms with Gasteiger partial charge < -0.3 is 10.4 Å². The van der Waals surface area contributed by atoms with Crippen molar-refractivity contribution >= 4 is 10.0 Å². The van der Waals surface area contributed by atoms with Gasteiger partial charge in [-0.3, -0.25) is 0 Å². The molecule has 24 heavy (non-hydrogen) atoms. The molecule has 128 valence electrons. The average Bonchev–Trinajstić information content (AvgIpc) is 2.90. The molecule has 1 aliphatic rings. The molecule has 2 unspecified atom stereocenters. The highest BCUT2D eigenvalue weighted by atomic mass is 32.2. The van der Waals surface area contributed by atoms with Gasteiger partial charge in [-0.05, 0) is 48.6 Å². The first-order valence-electron chi connectivity index (χ1n) is 7.96. The van der Waals surface area contributed by atoms with Gasteiger partial charge in [-0.1, -0.05) is 36.4 Å². The topological polar surface area (TPSA) is 92.4 Å². The third-order valence-corrected chi connectivity index (χ3v) is 5.67. The normalized spacial score (nSPS) is 21.5. The number of nitrogens with one attached hydrogen (secondary N) is 1. The van der Waals surface area contributed by atoms with Crippen LogP contribution in [0.25, 0.3) is 0 Å². The zero-order valence-electron chi connectivity index (χ0n) is 13.6. The Morgan fingerprint density at radius 2 is 1.88 bits per heavy atom. The molecule has 0 heterocycles. The summed E-state index contributed by atoms with van der Waals surface area (Å²) in [6.45, 7) is 2.43. The van der Waals surface area contributed by atoms with E-state index in [1.54, 1.807) is 12.1 Å². The summed E-state index contributed by atoms with van der Waals surface area (Å²) in [6, 6.07) is 14.5. The number of hydrogen-bond donors (Lipinski definition) is 3. The lowest BCUT2D eigenvalue weighted by atomic mass is 9.95. The van der Waals surface area contributed by atoms with Crippen LogP contribution < -0.4 is 10.5 Å². The molecule has 0 amide bonds. The summed E-state index contributed by atoms with van der Waals surface area (Å²) in [5, 5.41) is 19.4. The summed E-state index contributed by atoms with van der Waals surface area (Å²) in [7, 11) is -3.67. The summed E-state index contributed by atoms with van der Waals surface area (Å²) in [4.78, 5) is 0.0989. The van der Waals surface area contributed by atoms with E-state index in [9.17, 15) is 13.5 Å². The summed E-state index contributed by atoms with van der Waals surface area (Å²) in [6.07, 6.45) is 1.59. The highest BCUT2D eigenvalue weighted by molar-refractivity contribution is 7.89. The predicted octanol–water partition coefficient (Wildman–Crippen LogP) is 1.82. The number of rotatable bonds is 5. The molecule has 0 bridgehead atoms. The lowest BCUT2D eigenvalue weighted by molar-refractivity contribution is 0.0363. The number of fused-ring (bicyclic) bond motifs is 1.